The molecular formula is C25H27N3. The van der Waals surface area contributed by atoms with Crippen LogP contribution in [0, 0.1) is 0 Å². The van der Waals surface area contributed by atoms with Gasteiger partial charge in [-0.3, -0.25) is 9.97 Å². The van der Waals surface area contributed by atoms with Crippen LogP contribution in [0.1, 0.15) is 37.3 Å². The van der Waals surface area contributed by atoms with Crippen LogP contribution in [0.2, 0.25) is 0 Å². The summed E-state index contributed by atoms with van der Waals surface area (Å²) < 4.78 is 0. The summed E-state index contributed by atoms with van der Waals surface area (Å²) in [5.41, 5.74) is 2.75. The minimum absolute atomic E-state index is 0.524. The molecule has 1 N–H and O–H groups in total. The molecule has 4 rings (SSSR count). The normalized spacial score (nSPS) is 12.5. The van der Waals surface area contributed by atoms with E-state index in [-0.39, 0.29) is 0 Å². The summed E-state index contributed by atoms with van der Waals surface area (Å²) in [4.78, 5) is 8.36. The number of nitrogens with zero attached hydrogens (tertiary/aromatic N) is 2. The van der Waals surface area contributed by atoms with E-state index >= 15 is 0 Å². The van der Waals surface area contributed by atoms with Gasteiger partial charge in [0.25, 0.3) is 0 Å². The van der Waals surface area contributed by atoms with E-state index in [1.807, 2.05) is 24.8 Å². The highest BCUT2D eigenvalue weighted by atomic mass is 14.9. The molecule has 0 radical (unpaired) electrons. The Labute approximate surface area is 166 Å². The molecule has 0 fully saturated rings. The van der Waals surface area contributed by atoms with E-state index in [0.29, 0.717) is 6.04 Å². The van der Waals surface area contributed by atoms with E-state index < -0.39 is 0 Å². The molecule has 0 aliphatic heterocycles. The van der Waals surface area contributed by atoms with Crippen LogP contribution in [0.4, 0.5) is 0 Å². The van der Waals surface area contributed by atoms with Crippen molar-refractivity contribution in [2.45, 2.75) is 45.2 Å². The summed E-state index contributed by atoms with van der Waals surface area (Å²) >= 11 is 0. The standard InChI is InChI=1S/C25H27N3/c1-19(28-16-21-7-9-25-18-27-13-11-23(25)15-21)4-2-3-5-20-6-8-24-17-26-12-10-22(24)14-20/h6-15,17-19,28H,2-5,16H2,1H3/t19-/m1/s1. The number of hydrogen-bond acceptors (Lipinski definition) is 3. The number of rotatable bonds is 8. The highest BCUT2D eigenvalue weighted by molar-refractivity contribution is 5.82. The van der Waals surface area contributed by atoms with Gasteiger partial charge < -0.3 is 5.32 Å². The van der Waals surface area contributed by atoms with Gasteiger partial charge in [-0.25, -0.2) is 0 Å². The Balaban J connectivity index is 1.21. The number of hydrogen-bond donors (Lipinski definition) is 1. The van der Waals surface area contributed by atoms with Crippen molar-refractivity contribution >= 4 is 21.5 Å². The topological polar surface area (TPSA) is 37.8 Å². The third-order valence-corrected chi connectivity index (χ3v) is 5.42. The first-order valence-corrected chi connectivity index (χ1v) is 10.2. The largest absolute Gasteiger partial charge is 0.310 e. The monoisotopic (exact) mass is 369 g/mol. The molecule has 2 aromatic carbocycles. The highest BCUT2D eigenvalue weighted by Crippen LogP contribution is 2.17. The zero-order chi connectivity index (χ0) is 19.2. The molecule has 0 unspecified atom stereocenters. The molecular weight excluding hydrogens is 342 g/mol. The number of pyridine rings is 2. The van der Waals surface area contributed by atoms with Crippen molar-refractivity contribution in [3.63, 3.8) is 0 Å². The molecule has 28 heavy (non-hydrogen) atoms. The Morgan fingerprint density at radius 2 is 1.39 bits per heavy atom. The van der Waals surface area contributed by atoms with E-state index in [9.17, 15) is 0 Å². The zero-order valence-corrected chi connectivity index (χ0v) is 16.4. The second-order valence-electron chi connectivity index (χ2n) is 7.64. The van der Waals surface area contributed by atoms with Gasteiger partial charge in [0.2, 0.25) is 0 Å². The maximum Gasteiger partial charge on any atom is 0.0346 e. The van der Waals surface area contributed by atoms with Crippen molar-refractivity contribution in [2.24, 2.45) is 0 Å². The van der Waals surface area contributed by atoms with Crippen LogP contribution in [0.15, 0.2) is 73.3 Å². The fraction of sp³-hybridized carbons (Fsp3) is 0.280. The van der Waals surface area contributed by atoms with Crippen LogP contribution in [-0.2, 0) is 13.0 Å². The molecule has 0 aliphatic rings. The molecule has 3 nitrogen and oxygen atoms in total. The second kappa shape index (κ2) is 8.94. The van der Waals surface area contributed by atoms with Crippen LogP contribution < -0.4 is 5.32 Å². The Bertz CT molecular complexity index is 1060. The van der Waals surface area contributed by atoms with Crippen molar-refractivity contribution < 1.29 is 0 Å². The lowest BCUT2D eigenvalue weighted by molar-refractivity contribution is 0.489. The minimum Gasteiger partial charge on any atom is -0.310 e. The van der Waals surface area contributed by atoms with E-state index in [4.69, 9.17) is 0 Å². The lowest BCUT2D eigenvalue weighted by atomic mass is 10.0. The summed E-state index contributed by atoms with van der Waals surface area (Å²) in [6.45, 7) is 3.20. The number of aromatic nitrogens is 2. The van der Waals surface area contributed by atoms with Crippen molar-refractivity contribution in [3.05, 3.63) is 84.4 Å². The van der Waals surface area contributed by atoms with Gasteiger partial charge in [0, 0.05) is 48.1 Å². The number of fused-ring (bicyclic) bond motifs is 2. The smallest absolute Gasteiger partial charge is 0.0346 e. The quantitative estimate of drug-likeness (QED) is 0.406. The van der Waals surface area contributed by atoms with Gasteiger partial charge in [-0.2, -0.15) is 0 Å². The van der Waals surface area contributed by atoms with E-state index in [0.717, 1.165) is 13.0 Å². The van der Waals surface area contributed by atoms with E-state index in [1.54, 1.807) is 0 Å². The SMILES string of the molecule is C[C@H](CCCCc1ccc2cnccc2c1)NCc1ccc2cnccc2c1. The van der Waals surface area contributed by atoms with Crippen molar-refractivity contribution in [2.75, 3.05) is 0 Å². The van der Waals surface area contributed by atoms with Crippen LogP contribution in [0.25, 0.3) is 21.5 Å². The van der Waals surface area contributed by atoms with E-state index in [2.05, 4.69) is 70.7 Å². The first kappa shape index (κ1) is 18.6. The molecule has 0 amide bonds. The second-order valence-corrected chi connectivity index (χ2v) is 7.64. The van der Waals surface area contributed by atoms with Crippen LogP contribution in [-0.4, -0.2) is 16.0 Å². The van der Waals surface area contributed by atoms with Crippen molar-refractivity contribution in [3.8, 4) is 0 Å². The Kier molecular flexibility index (Phi) is 5.93. The third kappa shape index (κ3) is 4.73. The molecule has 0 saturated carbocycles. The summed E-state index contributed by atoms with van der Waals surface area (Å²) in [5.74, 6) is 0. The highest BCUT2D eigenvalue weighted by Gasteiger charge is 2.03. The number of unbranched alkanes of at least 4 members (excludes halogenated alkanes) is 1. The average Bonchev–Trinajstić information content (AvgIpc) is 2.75. The number of nitrogens with one attached hydrogen (secondary N) is 1. The molecule has 1 atom stereocenters. The molecule has 0 spiro atoms. The van der Waals surface area contributed by atoms with Gasteiger partial charge >= 0.3 is 0 Å². The van der Waals surface area contributed by atoms with Gasteiger partial charge in [0.15, 0.2) is 0 Å². The maximum absolute atomic E-state index is 4.18. The van der Waals surface area contributed by atoms with Gasteiger partial charge in [0.1, 0.15) is 0 Å². The van der Waals surface area contributed by atoms with Gasteiger partial charge in [-0.15, -0.1) is 0 Å². The molecule has 4 aromatic rings. The molecule has 2 heterocycles. The molecule has 3 heteroatoms. The Morgan fingerprint density at radius 3 is 2.11 bits per heavy atom. The fourth-order valence-corrected chi connectivity index (χ4v) is 3.70. The first-order chi connectivity index (χ1) is 13.8. The summed E-state index contributed by atoms with van der Waals surface area (Å²) in [5, 5.41) is 8.62. The first-order valence-electron chi connectivity index (χ1n) is 10.2. The van der Waals surface area contributed by atoms with Gasteiger partial charge in [-0.1, -0.05) is 36.8 Å². The molecule has 142 valence electrons. The zero-order valence-electron chi connectivity index (χ0n) is 16.4. The van der Waals surface area contributed by atoms with Gasteiger partial charge in [0.05, 0.1) is 0 Å². The van der Waals surface area contributed by atoms with Crippen LogP contribution >= 0.6 is 0 Å². The molecule has 0 bridgehead atoms. The molecule has 2 aromatic heterocycles. The predicted octanol–water partition coefficient (Wildman–Crippen LogP) is 5.67. The predicted molar refractivity (Wildman–Crippen MR) is 117 cm³/mol. The van der Waals surface area contributed by atoms with Crippen LogP contribution in [0.3, 0.4) is 0 Å². The number of benzene rings is 2. The molecule has 0 aliphatic carbocycles. The maximum atomic E-state index is 4.18. The van der Waals surface area contributed by atoms with Crippen molar-refractivity contribution in [1.82, 2.24) is 15.3 Å². The number of aryl methyl sites for hydroxylation is 1. The Hall–Kier alpha value is -2.78. The van der Waals surface area contributed by atoms with Crippen molar-refractivity contribution in [1.29, 1.82) is 0 Å². The summed E-state index contributed by atoms with van der Waals surface area (Å²) in [6, 6.07) is 18.0. The lowest BCUT2D eigenvalue weighted by Crippen LogP contribution is -2.25. The fourth-order valence-electron chi connectivity index (χ4n) is 3.70. The Morgan fingerprint density at radius 1 is 0.750 bits per heavy atom. The minimum atomic E-state index is 0.524. The third-order valence-electron chi connectivity index (χ3n) is 5.42. The summed E-state index contributed by atoms with van der Waals surface area (Å²) in [6.07, 6.45) is 12.4. The van der Waals surface area contributed by atoms with Gasteiger partial charge in [-0.05, 0) is 66.3 Å². The average molecular weight is 370 g/mol. The lowest BCUT2D eigenvalue weighted by Gasteiger charge is -2.14. The summed E-state index contributed by atoms with van der Waals surface area (Å²) in [7, 11) is 0. The van der Waals surface area contributed by atoms with E-state index in [1.165, 1.54) is 51.9 Å². The molecule has 0 saturated heterocycles. The van der Waals surface area contributed by atoms with Crippen LogP contribution in [0.5, 0.6) is 0 Å².